The highest BCUT2D eigenvalue weighted by Gasteiger charge is 2.31. The van der Waals surface area contributed by atoms with Crippen LogP contribution in [-0.4, -0.2) is 42.8 Å². The Balaban J connectivity index is 1.67. The Morgan fingerprint density at radius 2 is 1.84 bits per heavy atom. The van der Waals surface area contributed by atoms with Gasteiger partial charge < -0.3 is 19.7 Å². The van der Waals surface area contributed by atoms with Crippen molar-refractivity contribution in [3.8, 4) is 11.5 Å². The van der Waals surface area contributed by atoms with E-state index >= 15 is 0 Å². The van der Waals surface area contributed by atoms with Crippen LogP contribution in [0.15, 0.2) is 48.5 Å². The number of para-hydroxylation sites is 1. The Labute approximate surface area is 177 Å². The van der Waals surface area contributed by atoms with E-state index in [2.05, 4.69) is 10.1 Å². The van der Waals surface area contributed by atoms with Gasteiger partial charge in [0.2, 0.25) is 5.91 Å². The molecule has 2 aromatic rings. The molecular weight excluding hydrogens is 413 g/mol. The first kappa shape index (κ1) is 22.5. The van der Waals surface area contributed by atoms with Crippen LogP contribution in [0.1, 0.15) is 35.2 Å². The number of benzene rings is 2. The predicted molar refractivity (Wildman–Crippen MR) is 107 cm³/mol. The normalized spacial score (nSPS) is 17.1. The number of ether oxygens (including phenoxy) is 2. The van der Waals surface area contributed by atoms with Crippen molar-refractivity contribution in [2.24, 2.45) is 0 Å². The number of rotatable bonds is 6. The number of alkyl halides is 3. The van der Waals surface area contributed by atoms with E-state index in [1.807, 2.05) is 0 Å². The molecule has 0 aliphatic carbocycles. The first-order valence-corrected chi connectivity index (χ1v) is 9.84. The lowest BCUT2D eigenvalue weighted by molar-refractivity contribution is -0.274. The molecule has 2 aromatic carbocycles. The molecule has 0 spiro atoms. The van der Waals surface area contributed by atoms with Crippen LogP contribution in [0.5, 0.6) is 11.5 Å². The van der Waals surface area contributed by atoms with Crippen LogP contribution in [0.3, 0.4) is 0 Å². The molecule has 31 heavy (non-hydrogen) atoms. The van der Waals surface area contributed by atoms with E-state index in [0.29, 0.717) is 29.8 Å². The minimum atomic E-state index is -4.75. The molecule has 166 valence electrons. The molecule has 6 nitrogen and oxygen atoms in total. The molecule has 3 rings (SSSR count). The van der Waals surface area contributed by atoms with Gasteiger partial charge in [-0.15, -0.1) is 13.2 Å². The summed E-state index contributed by atoms with van der Waals surface area (Å²) in [6.45, 7) is 0.729. The summed E-state index contributed by atoms with van der Waals surface area (Å²) in [5.74, 6) is -0.526. The zero-order valence-electron chi connectivity index (χ0n) is 16.9. The van der Waals surface area contributed by atoms with Crippen LogP contribution < -0.4 is 14.8 Å². The average molecular weight is 436 g/mol. The molecule has 1 N–H and O–H groups in total. The van der Waals surface area contributed by atoms with E-state index in [0.717, 1.165) is 12.8 Å². The molecule has 1 fully saturated rings. The van der Waals surface area contributed by atoms with Crippen LogP contribution in [0.2, 0.25) is 0 Å². The van der Waals surface area contributed by atoms with Crippen molar-refractivity contribution in [1.29, 1.82) is 0 Å². The summed E-state index contributed by atoms with van der Waals surface area (Å²) >= 11 is 0. The molecule has 1 aliphatic rings. The van der Waals surface area contributed by atoms with Crippen LogP contribution in [0.25, 0.3) is 0 Å². The van der Waals surface area contributed by atoms with Crippen molar-refractivity contribution in [1.82, 2.24) is 10.2 Å². The molecule has 1 aliphatic heterocycles. The third kappa shape index (κ3) is 6.13. The standard InChI is InChI=1S/C22H23F3N2O4/c1-30-19-8-3-2-6-17(19)20(28)26-18-7-4-5-13-27(21(18)29)14-15-9-11-16(12-10-15)31-22(23,24)25/h2-3,6,8-12,18H,4-5,7,13-14H2,1H3,(H,26,28). The number of likely N-dealkylation sites (tertiary alicyclic amines) is 1. The maximum absolute atomic E-state index is 13.0. The molecule has 1 unspecified atom stereocenters. The van der Waals surface area contributed by atoms with E-state index in [-0.39, 0.29) is 18.2 Å². The lowest BCUT2D eigenvalue weighted by atomic mass is 10.1. The number of nitrogens with one attached hydrogen (secondary N) is 1. The molecule has 0 radical (unpaired) electrons. The predicted octanol–water partition coefficient (Wildman–Crippen LogP) is 3.90. The number of halogens is 3. The van der Waals surface area contributed by atoms with Crippen LogP contribution in [-0.2, 0) is 11.3 Å². The van der Waals surface area contributed by atoms with Gasteiger partial charge in [-0.05, 0) is 49.1 Å². The fourth-order valence-corrected chi connectivity index (χ4v) is 3.48. The summed E-state index contributed by atoms with van der Waals surface area (Å²) in [5.41, 5.74) is 1.01. The number of methoxy groups -OCH3 is 1. The molecule has 0 bridgehead atoms. The van der Waals surface area contributed by atoms with Gasteiger partial charge in [0, 0.05) is 13.1 Å². The van der Waals surface area contributed by atoms with E-state index in [1.165, 1.54) is 31.4 Å². The lowest BCUT2D eigenvalue weighted by Crippen LogP contribution is -2.47. The minimum Gasteiger partial charge on any atom is -0.496 e. The Hall–Kier alpha value is -3.23. The van der Waals surface area contributed by atoms with Gasteiger partial charge in [-0.1, -0.05) is 24.3 Å². The largest absolute Gasteiger partial charge is 0.573 e. The fraction of sp³-hybridized carbons (Fsp3) is 0.364. The molecule has 1 heterocycles. The monoisotopic (exact) mass is 436 g/mol. The Kier molecular flexibility index (Phi) is 7.04. The van der Waals surface area contributed by atoms with Crippen molar-refractivity contribution in [3.05, 3.63) is 59.7 Å². The number of carbonyl (C=O) groups is 2. The second-order valence-electron chi connectivity index (χ2n) is 7.17. The van der Waals surface area contributed by atoms with Crippen LogP contribution in [0, 0.1) is 0 Å². The Bertz CT molecular complexity index is 916. The first-order valence-electron chi connectivity index (χ1n) is 9.84. The summed E-state index contributed by atoms with van der Waals surface area (Å²) in [5, 5.41) is 2.80. The summed E-state index contributed by atoms with van der Waals surface area (Å²) < 4.78 is 46.0. The van der Waals surface area contributed by atoms with Crippen molar-refractivity contribution < 1.29 is 32.2 Å². The molecule has 1 saturated heterocycles. The highest BCUT2D eigenvalue weighted by Crippen LogP contribution is 2.24. The smallest absolute Gasteiger partial charge is 0.496 e. The highest BCUT2D eigenvalue weighted by atomic mass is 19.4. The number of nitrogens with zero attached hydrogens (tertiary/aromatic N) is 1. The van der Waals surface area contributed by atoms with Gasteiger partial charge in [0.1, 0.15) is 17.5 Å². The topological polar surface area (TPSA) is 67.9 Å². The van der Waals surface area contributed by atoms with Crippen molar-refractivity contribution in [2.45, 2.75) is 38.2 Å². The van der Waals surface area contributed by atoms with Crippen LogP contribution >= 0.6 is 0 Å². The number of hydrogen-bond acceptors (Lipinski definition) is 4. The second kappa shape index (κ2) is 9.72. The third-order valence-electron chi connectivity index (χ3n) is 4.97. The fourth-order valence-electron chi connectivity index (χ4n) is 3.48. The van der Waals surface area contributed by atoms with Gasteiger partial charge >= 0.3 is 6.36 Å². The molecule has 9 heteroatoms. The number of hydrogen-bond donors (Lipinski definition) is 1. The zero-order chi connectivity index (χ0) is 22.4. The Morgan fingerprint density at radius 3 is 2.52 bits per heavy atom. The van der Waals surface area contributed by atoms with Crippen molar-refractivity contribution in [2.75, 3.05) is 13.7 Å². The van der Waals surface area contributed by atoms with Gasteiger partial charge in [0.05, 0.1) is 12.7 Å². The Morgan fingerprint density at radius 1 is 1.13 bits per heavy atom. The van der Waals surface area contributed by atoms with Gasteiger partial charge in [-0.25, -0.2) is 0 Å². The molecule has 0 aromatic heterocycles. The van der Waals surface area contributed by atoms with Crippen molar-refractivity contribution >= 4 is 11.8 Å². The molecule has 0 saturated carbocycles. The minimum absolute atomic E-state index is 0.226. The quantitative estimate of drug-likeness (QED) is 0.746. The van der Waals surface area contributed by atoms with E-state index < -0.39 is 18.3 Å². The van der Waals surface area contributed by atoms with Gasteiger partial charge in [-0.2, -0.15) is 0 Å². The number of carbonyl (C=O) groups excluding carboxylic acids is 2. The third-order valence-corrected chi connectivity index (χ3v) is 4.97. The van der Waals surface area contributed by atoms with Gasteiger partial charge in [0.15, 0.2) is 0 Å². The van der Waals surface area contributed by atoms with Crippen LogP contribution in [0.4, 0.5) is 13.2 Å². The summed E-state index contributed by atoms with van der Waals surface area (Å²) in [7, 11) is 1.47. The summed E-state index contributed by atoms with van der Waals surface area (Å²) in [6.07, 6.45) is -2.72. The molecule has 2 amide bonds. The maximum Gasteiger partial charge on any atom is 0.573 e. The zero-order valence-corrected chi connectivity index (χ0v) is 16.9. The SMILES string of the molecule is COc1ccccc1C(=O)NC1CCCCN(Cc2ccc(OC(F)(F)F)cc2)C1=O. The van der Waals surface area contributed by atoms with Gasteiger partial charge in [-0.3, -0.25) is 9.59 Å². The summed E-state index contributed by atoms with van der Waals surface area (Å²) in [4.78, 5) is 27.3. The van der Waals surface area contributed by atoms with E-state index in [9.17, 15) is 22.8 Å². The van der Waals surface area contributed by atoms with E-state index in [4.69, 9.17) is 4.74 Å². The molecule has 1 atom stereocenters. The van der Waals surface area contributed by atoms with Crippen molar-refractivity contribution in [3.63, 3.8) is 0 Å². The van der Waals surface area contributed by atoms with Gasteiger partial charge in [0.25, 0.3) is 5.91 Å². The molecular formula is C22H23F3N2O4. The van der Waals surface area contributed by atoms with E-state index in [1.54, 1.807) is 29.2 Å². The maximum atomic E-state index is 13.0. The number of amides is 2. The highest BCUT2D eigenvalue weighted by molar-refractivity contribution is 5.99. The average Bonchev–Trinajstić information content (AvgIpc) is 2.90. The first-order chi connectivity index (χ1) is 14.8. The second-order valence-corrected chi connectivity index (χ2v) is 7.17. The summed E-state index contributed by atoms with van der Waals surface area (Å²) in [6, 6.07) is 11.5. The lowest BCUT2D eigenvalue weighted by Gasteiger charge is -2.25.